The number of carbonyl (C=O) groups excluding carboxylic acids is 1. The fourth-order valence-corrected chi connectivity index (χ4v) is 2.60. The molecule has 0 spiro atoms. The Morgan fingerprint density at radius 3 is 2.84 bits per heavy atom. The first kappa shape index (κ1) is 16.8. The predicted octanol–water partition coefficient (Wildman–Crippen LogP) is 2.00. The van der Waals surface area contributed by atoms with E-state index in [9.17, 15) is 4.79 Å². The van der Waals surface area contributed by atoms with Crippen LogP contribution in [0.15, 0.2) is 42.6 Å². The molecule has 0 saturated heterocycles. The Kier molecular flexibility index (Phi) is 5.13. The van der Waals surface area contributed by atoms with Crippen LogP contribution in [0.5, 0.6) is 11.5 Å². The highest BCUT2D eigenvalue weighted by molar-refractivity contribution is 5.76. The van der Waals surface area contributed by atoms with Gasteiger partial charge in [0, 0.05) is 12.6 Å². The van der Waals surface area contributed by atoms with Gasteiger partial charge in [0.1, 0.15) is 11.5 Å². The average molecular weight is 340 g/mol. The van der Waals surface area contributed by atoms with Gasteiger partial charge in [-0.25, -0.2) is 0 Å². The van der Waals surface area contributed by atoms with Crippen molar-refractivity contribution in [3.63, 3.8) is 0 Å². The van der Waals surface area contributed by atoms with E-state index in [1.54, 1.807) is 14.2 Å². The molecule has 130 valence electrons. The zero-order valence-electron chi connectivity index (χ0n) is 14.2. The molecular formula is C18H20N4O3. The van der Waals surface area contributed by atoms with Crippen LogP contribution in [0.4, 0.5) is 0 Å². The third-order valence-electron chi connectivity index (χ3n) is 3.94. The molecule has 1 amide bonds. The summed E-state index contributed by atoms with van der Waals surface area (Å²) in [5.41, 5.74) is 1.69. The quantitative estimate of drug-likeness (QED) is 0.712. The monoisotopic (exact) mass is 340 g/mol. The highest BCUT2D eigenvalue weighted by Crippen LogP contribution is 2.25. The van der Waals surface area contributed by atoms with Crippen LogP contribution in [0, 0.1) is 0 Å². The summed E-state index contributed by atoms with van der Waals surface area (Å²) in [5, 5.41) is 11.0. The summed E-state index contributed by atoms with van der Waals surface area (Å²) in [6, 6.07) is 11.2. The molecule has 0 aliphatic heterocycles. The maximum Gasteiger partial charge on any atom is 0.220 e. The maximum absolute atomic E-state index is 12.2. The van der Waals surface area contributed by atoms with Crippen LogP contribution < -0.4 is 14.8 Å². The second-order valence-electron chi connectivity index (χ2n) is 5.50. The number of aromatic nitrogens is 3. The number of nitrogens with one attached hydrogen (secondary N) is 1. The van der Waals surface area contributed by atoms with Crippen LogP contribution in [0.3, 0.4) is 0 Å². The molecule has 0 radical (unpaired) electrons. The average Bonchev–Trinajstić information content (AvgIpc) is 3.07. The van der Waals surface area contributed by atoms with E-state index in [0.29, 0.717) is 25.2 Å². The molecule has 0 unspecified atom stereocenters. The van der Waals surface area contributed by atoms with E-state index in [0.717, 1.165) is 22.7 Å². The molecule has 0 aliphatic rings. The normalized spacial score (nSPS) is 10.6. The summed E-state index contributed by atoms with van der Waals surface area (Å²) in [6.07, 6.45) is 2.78. The molecule has 0 bridgehead atoms. The number of fused-ring (bicyclic) bond motifs is 1. The molecule has 1 N–H and O–H groups in total. The number of hydrogen-bond donors (Lipinski definition) is 1. The van der Waals surface area contributed by atoms with Crippen molar-refractivity contribution in [3.05, 3.63) is 54.0 Å². The topological polar surface area (TPSA) is 77.8 Å². The summed E-state index contributed by atoms with van der Waals surface area (Å²) in [5.74, 6) is 2.13. The number of hydrogen-bond acceptors (Lipinski definition) is 5. The zero-order valence-corrected chi connectivity index (χ0v) is 14.2. The van der Waals surface area contributed by atoms with Crippen molar-refractivity contribution in [1.82, 2.24) is 19.9 Å². The minimum Gasteiger partial charge on any atom is -0.497 e. The van der Waals surface area contributed by atoms with Gasteiger partial charge in [-0.1, -0.05) is 6.07 Å². The smallest absolute Gasteiger partial charge is 0.220 e. The molecule has 7 heteroatoms. The molecular weight excluding hydrogens is 320 g/mol. The number of nitrogens with zero attached hydrogens (tertiary/aromatic N) is 3. The largest absolute Gasteiger partial charge is 0.497 e. The molecule has 7 nitrogen and oxygen atoms in total. The van der Waals surface area contributed by atoms with Gasteiger partial charge >= 0.3 is 0 Å². The van der Waals surface area contributed by atoms with Gasteiger partial charge < -0.3 is 14.8 Å². The number of ether oxygens (including phenoxy) is 2. The third-order valence-corrected chi connectivity index (χ3v) is 3.94. The number of methoxy groups -OCH3 is 2. The number of benzene rings is 1. The Morgan fingerprint density at radius 2 is 2.04 bits per heavy atom. The van der Waals surface area contributed by atoms with Crippen molar-refractivity contribution in [2.75, 3.05) is 14.2 Å². The van der Waals surface area contributed by atoms with E-state index < -0.39 is 0 Å². The lowest BCUT2D eigenvalue weighted by Gasteiger charge is -2.10. The van der Waals surface area contributed by atoms with E-state index in [4.69, 9.17) is 9.47 Å². The number of carbonyl (C=O) groups is 1. The second-order valence-corrected chi connectivity index (χ2v) is 5.50. The van der Waals surface area contributed by atoms with Gasteiger partial charge in [-0.15, -0.1) is 10.2 Å². The van der Waals surface area contributed by atoms with E-state index in [1.165, 1.54) is 0 Å². The zero-order chi connectivity index (χ0) is 17.6. The van der Waals surface area contributed by atoms with Crippen LogP contribution in [0.25, 0.3) is 5.65 Å². The Bertz CT molecular complexity index is 876. The van der Waals surface area contributed by atoms with Crippen molar-refractivity contribution in [3.8, 4) is 11.5 Å². The predicted molar refractivity (Wildman–Crippen MR) is 92.7 cm³/mol. The Balaban J connectivity index is 1.58. The van der Waals surface area contributed by atoms with Gasteiger partial charge in [-0.05, 0) is 42.3 Å². The van der Waals surface area contributed by atoms with Gasteiger partial charge in [0.25, 0.3) is 0 Å². The van der Waals surface area contributed by atoms with Gasteiger partial charge in [0.05, 0.1) is 20.8 Å². The van der Waals surface area contributed by atoms with Gasteiger partial charge in [-0.3, -0.25) is 9.20 Å². The second kappa shape index (κ2) is 7.65. The fourth-order valence-electron chi connectivity index (χ4n) is 2.60. The standard InChI is InChI=1S/C18H20N4O3/c1-24-14-7-8-15(25-2)13(11-14)6-9-18(23)19-12-17-21-20-16-5-3-4-10-22(16)17/h3-5,7-8,10-11H,6,9,12H2,1-2H3,(H,19,23). The molecule has 3 rings (SSSR count). The highest BCUT2D eigenvalue weighted by Gasteiger charge is 2.10. The molecule has 2 heterocycles. The molecule has 3 aromatic rings. The third kappa shape index (κ3) is 3.88. The van der Waals surface area contributed by atoms with Crippen molar-refractivity contribution in [2.24, 2.45) is 0 Å². The summed E-state index contributed by atoms with van der Waals surface area (Å²) >= 11 is 0. The van der Waals surface area contributed by atoms with Crippen molar-refractivity contribution in [2.45, 2.75) is 19.4 Å². The van der Waals surface area contributed by atoms with Crippen LogP contribution in [0.2, 0.25) is 0 Å². The first-order valence-electron chi connectivity index (χ1n) is 7.97. The SMILES string of the molecule is COc1ccc(OC)c(CCC(=O)NCc2nnc3ccccn23)c1. The summed E-state index contributed by atoms with van der Waals surface area (Å²) in [7, 11) is 3.23. The lowest BCUT2D eigenvalue weighted by Crippen LogP contribution is -2.24. The summed E-state index contributed by atoms with van der Waals surface area (Å²) in [6.45, 7) is 0.333. The fraction of sp³-hybridized carbons (Fsp3) is 0.278. The molecule has 0 atom stereocenters. The minimum atomic E-state index is -0.0578. The van der Waals surface area contributed by atoms with Gasteiger partial charge in [0.2, 0.25) is 5.91 Å². The number of rotatable bonds is 7. The van der Waals surface area contributed by atoms with E-state index >= 15 is 0 Å². The molecule has 1 aromatic carbocycles. The number of amides is 1. The minimum absolute atomic E-state index is 0.0578. The molecule has 2 aromatic heterocycles. The molecule has 0 saturated carbocycles. The van der Waals surface area contributed by atoms with Crippen LogP contribution in [-0.2, 0) is 17.8 Å². The Morgan fingerprint density at radius 1 is 1.16 bits per heavy atom. The Hall–Kier alpha value is -3.09. The first-order chi connectivity index (χ1) is 12.2. The van der Waals surface area contributed by atoms with Gasteiger partial charge in [0.15, 0.2) is 11.5 Å². The first-order valence-corrected chi connectivity index (χ1v) is 7.97. The summed E-state index contributed by atoms with van der Waals surface area (Å²) in [4.78, 5) is 12.2. The maximum atomic E-state index is 12.2. The molecule has 0 fully saturated rings. The lowest BCUT2D eigenvalue weighted by molar-refractivity contribution is -0.121. The van der Waals surface area contributed by atoms with Crippen molar-refractivity contribution in [1.29, 1.82) is 0 Å². The highest BCUT2D eigenvalue weighted by atomic mass is 16.5. The van der Waals surface area contributed by atoms with Gasteiger partial charge in [-0.2, -0.15) is 0 Å². The molecule has 25 heavy (non-hydrogen) atoms. The van der Waals surface area contributed by atoms with Crippen LogP contribution >= 0.6 is 0 Å². The van der Waals surface area contributed by atoms with E-state index in [2.05, 4.69) is 15.5 Å². The molecule has 0 aliphatic carbocycles. The number of aryl methyl sites for hydroxylation is 1. The number of pyridine rings is 1. The van der Waals surface area contributed by atoms with E-state index in [1.807, 2.05) is 47.0 Å². The van der Waals surface area contributed by atoms with Crippen LogP contribution in [0.1, 0.15) is 17.8 Å². The van der Waals surface area contributed by atoms with Crippen molar-refractivity contribution >= 4 is 11.6 Å². The van der Waals surface area contributed by atoms with E-state index in [-0.39, 0.29) is 5.91 Å². The Labute approximate surface area is 145 Å². The summed E-state index contributed by atoms with van der Waals surface area (Å²) < 4.78 is 12.4. The van der Waals surface area contributed by atoms with Crippen molar-refractivity contribution < 1.29 is 14.3 Å². The lowest BCUT2D eigenvalue weighted by atomic mass is 10.1. The van der Waals surface area contributed by atoms with Crippen LogP contribution in [-0.4, -0.2) is 34.7 Å².